The molecule has 1 amide bonds. The van der Waals surface area contributed by atoms with Crippen molar-refractivity contribution >= 4 is 27.3 Å². The molecule has 0 bridgehead atoms. The number of unbranched alkanes of at least 4 members (excludes halogenated alkanes) is 2. The summed E-state index contributed by atoms with van der Waals surface area (Å²) in [7, 11) is -4.23. The summed E-state index contributed by atoms with van der Waals surface area (Å²) in [6, 6.07) is 10.2. The number of rotatable bonds is 18. The first-order valence-corrected chi connectivity index (χ1v) is 21.0. The van der Waals surface area contributed by atoms with E-state index >= 15 is 0 Å². The van der Waals surface area contributed by atoms with Crippen LogP contribution in [-0.4, -0.2) is 83.5 Å². The standard InChI is InChI=1S/C42H59N3O9S/c1-7-21-45(55(50,51)32-18-15-30(16-19-32)43-28(3)48)38-27-36(44-54-41(4,5)6)34-25-29(13-9-11-22-46)33(14-10-12-23-47)39-35-26-31(49)17-20-37(35)53-42(38,40(34)39)52-24-8-2/h8,15-20,25-26,29,33,38-40,46-47,49H,2,7,9-14,21-24,27H2,1,3-6H3,(H,43,48)/t29-,33+,38-,39+,40+,42+/m0/s1. The Labute approximate surface area is 326 Å². The van der Waals surface area contributed by atoms with Crippen molar-refractivity contribution < 1.29 is 42.8 Å². The van der Waals surface area contributed by atoms with Gasteiger partial charge in [0.2, 0.25) is 21.7 Å². The van der Waals surface area contributed by atoms with Gasteiger partial charge in [0.15, 0.2) is 0 Å². The maximum absolute atomic E-state index is 15.0. The van der Waals surface area contributed by atoms with Gasteiger partial charge in [-0.3, -0.25) is 4.79 Å². The summed E-state index contributed by atoms with van der Waals surface area (Å²) in [5.41, 5.74) is 2.07. The number of fused-ring (bicyclic) bond motifs is 2. The number of hydrogen-bond donors (Lipinski definition) is 4. The van der Waals surface area contributed by atoms with E-state index < -0.39 is 33.4 Å². The average molecular weight is 782 g/mol. The van der Waals surface area contributed by atoms with Gasteiger partial charge in [0.25, 0.3) is 0 Å². The molecule has 0 radical (unpaired) electrons. The van der Waals surface area contributed by atoms with E-state index in [1.165, 1.54) is 23.4 Å². The van der Waals surface area contributed by atoms with E-state index in [0.29, 0.717) is 36.4 Å². The van der Waals surface area contributed by atoms with E-state index in [1.807, 2.05) is 27.7 Å². The van der Waals surface area contributed by atoms with Gasteiger partial charge in [0, 0.05) is 50.3 Å². The number of anilines is 1. The smallest absolute Gasteiger partial charge is 0.243 e. The van der Waals surface area contributed by atoms with Crippen molar-refractivity contribution in [2.75, 3.05) is 31.7 Å². The van der Waals surface area contributed by atoms with Crippen molar-refractivity contribution in [1.29, 1.82) is 0 Å². The highest BCUT2D eigenvalue weighted by Gasteiger charge is 2.66. The number of oxime groups is 1. The van der Waals surface area contributed by atoms with Crippen LogP contribution in [0.5, 0.6) is 11.5 Å². The molecule has 1 aliphatic heterocycles. The topological polar surface area (TPSA) is 167 Å². The normalized spacial score (nSPS) is 25.4. The third-order valence-electron chi connectivity index (χ3n) is 10.7. The molecule has 5 rings (SSSR count). The summed E-state index contributed by atoms with van der Waals surface area (Å²) >= 11 is 0. The fourth-order valence-corrected chi connectivity index (χ4v) is 10.3. The monoisotopic (exact) mass is 781 g/mol. The first-order valence-electron chi connectivity index (χ1n) is 19.6. The van der Waals surface area contributed by atoms with Gasteiger partial charge in [-0.25, -0.2) is 8.42 Å². The summed E-state index contributed by atoms with van der Waals surface area (Å²) in [5.74, 6) is -2.15. The number of carbonyl (C=O) groups excluding carboxylic acids is 1. The molecule has 55 heavy (non-hydrogen) atoms. The Morgan fingerprint density at radius 3 is 2.40 bits per heavy atom. The van der Waals surface area contributed by atoms with Crippen LogP contribution in [0.2, 0.25) is 0 Å². The second-order valence-corrected chi connectivity index (χ2v) is 17.7. The number of nitrogens with zero attached hydrogens (tertiary/aromatic N) is 2. The predicted octanol–water partition coefficient (Wildman–Crippen LogP) is 6.88. The van der Waals surface area contributed by atoms with Gasteiger partial charge < -0.3 is 34.9 Å². The number of nitrogens with one attached hydrogen (secondary N) is 1. The molecule has 2 aliphatic carbocycles. The van der Waals surface area contributed by atoms with Crippen molar-refractivity contribution in [2.45, 2.75) is 114 Å². The number of aliphatic hydroxyl groups is 2. The number of aromatic hydroxyl groups is 1. The Kier molecular flexibility index (Phi) is 13.9. The Bertz CT molecular complexity index is 1820. The maximum Gasteiger partial charge on any atom is 0.243 e. The third-order valence-corrected chi connectivity index (χ3v) is 12.6. The molecule has 0 aromatic heterocycles. The van der Waals surface area contributed by atoms with Crippen LogP contribution in [0, 0.1) is 17.8 Å². The SMILES string of the molecule is C=CCO[C@@]12Oc3ccc(O)cc3[C@H]3[C@H](CCCCO)[C@@H](CCCCO)C=C(C(=NOC(C)(C)C)C[C@@H]1N(CCC)S(=O)(=O)c1ccc(NC(C)=O)cc1)[C@H]32. The molecule has 3 aliphatic rings. The molecule has 2 aromatic rings. The quantitative estimate of drug-likeness (QED) is 0.0716. The fraction of sp³-hybridized carbons (Fsp3) is 0.571. The van der Waals surface area contributed by atoms with E-state index in [-0.39, 0.29) is 67.1 Å². The first-order chi connectivity index (χ1) is 26.2. The third kappa shape index (κ3) is 9.28. The zero-order valence-electron chi connectivity index (χ0n) is 32.9. The van der Waals surface area contributed by atoms with Crippen LogP contribution < -0.4 is 10.1 Å². The summed E-state index contributed by atoms with van der Waals surface area (Å²) in [6.45, 7) is 13.3. The fourth-order valence-electron chi connectivity index (χ4n) is 8.54. The molecule has 1 heterocycles. The Morgan fingerprint density at radius 2 is 1.78 bits per heavy atom. The number of carbonyl (C=O) groups is 1. The van der Waals surface area contributed by atoms with Crippen molar-refractivity contribution in [1.82, 2.24) is 4.31 Å². The van der Waals surface area contributed by atoms with Gasteiger partial charge in [0.1, 0.15) is 17.1 Å². The second kappa shape index (κ2) is 18.0. The molecule has 0 spiro atoms. The highest BCUT2D eigenvalue weighted by atomic mass is 32.2. The molecular weight excluding hydrogens is 723 g/mol. The maximum atomic E-state index is 15.0. The number of benzene rings is 2. The molecule has 6 atom stereocenters. The summed E-state index contributed by atoms with van der Waals surface area (Å²) in [4.78, 5) is 17.9. The van der Waals surface area contributed by atoms with Crippen molar-refractivity contribution in [3.63, 3.8) is 0 Å². The number of hydrogen-bond acceptors (Lipinski definition) is 10. The Hall–Kier alpha value is -3.75. The van der Waals surface area contributed by atoms with Gasteiger partial charge in [-0.2, -0.15) is 4.31 Å². The van der Waals surface area contributed by atoms with Crippen LogP contribution in [0.4, 0.5) is 5.69 Å². The molecule has 1 fully saturated rings. The Balaban J connectivity index is 1.80. The number of ether oxygens (including phenoxy) is 2. The number of aliphatic hydroxyl groups excluding tert-OH is 2. The van der Waals surface area contributed by atoms with E-state index in [2.05, 4.69) is 18.0 Å². The molecule has 2 aromatic carbocycles. The molecule has 4 N–H and O–H groups in total. The van der Waals surface area contributed by atoms with E-state index in [4.69, 9.17) is 19.5 Å². The van der Waals surface area contributed by atoms with Crippen LogP contribution in [0.3, 0.4) is 0 Å². The van der Waals surface area contributed by atoms with Crippen LogP contribution in [0.15, 0.2) is 76.8 Å². The van der Waals surface area contributed by atoms with Gasteiger partial charge >= 0.3 is 0 Å². The molecule has 0 unspecified atom stereocenters. The highest BCUT2D eigenvalue weighted by molar-refractivity contribution is 7.89. The number of amides is 1. The van der Waals surface area contributed by atoms with E-state index in [0.717, 1.165) is 36.8 Å². The molecule has 302 valence electrons. The minimum absolute atomic E-state index is 0.0174. The van der Waals surface area contributed by atoms with Crippen LogP contribution >= 0.6 is 0 Å². The van der Waals surface area contributed by atoms with E-state index in [9.17, 15) is 28.5 Å². The Morgan fingerprint density at radius 1 is 1.09 bits per heavy atom. The number of allylic oxidation sites excluding steroid dienone is 1. The highest BCUT2D eigenvalue weighted by Crippen LogP contribution is 2.62. The molecule has 12 nitrogen and oxygen atoms in total. The van der Waals surface area contributed by atoms with Crippen LogP contribution in [0.1, 0.15) is 97.5 Å². The van der Waals surface area contributed by atoms with Gasteiger partial charge in [-0.1, -0.05) is 37.1 Å². The average Bonchev–Trinajstić information content (AvgIpc) is 3.13. The lowest BCUT2D eigenvalue weighted by Crippen LogP contribution is -2.70. The van der Waals surface area contributed by atoms with Crippen LogP contribution in [0.25, 0.3) is 0 Å². The van der Waals surface area contributed by atoms with Crippen molar-refractivity contribution in [3.8, 4) is 11.5 Å². The molecule has 13 heteroatoms. The number of phenols is 1. The lowest BCUT2D eigenvalue weighted by molar-refractivity contribution is -0.251. The van der Waals surface area contributed by atoms with E-state index in [1.54, 1.807) is 36.4 Å². The van der Waals surface area contributed by atoms with Crippen LogP contribution in [-0.2, 0) is 24.4 Å². The summed E-state index contributed by atoms with van der Waals surface area (Å²) in [5, 5.41) is 38.0. The van der Waals surface area contributed by atoms with Gasteiger partial charge in [-0.15, -0.1) is 6.58 Å². The van der Waals surface area contributed by atoms with Gasteiger partial charge in [-0.05, 0) is 113 Å². The summed E-state index contributed by atoms with van der Waals surface area (Å²) < 4.78 is 45.5. The minimum Gasteiger partial charge on any atom is -0.508 e. The van der Waals surface area contributed by atoms with Crippen molar-refractivity contribution in [3.05, 3.63) is 72.3 Å². The molecule has 1 saturated carbocycles. The molecular formula is C42H59N3O9S. The predicted molar refractivity (Wildman–Crippen MR) is 212 cm³/mol. The second-order valence-electron chi connectivity index (χ2n) is 15.8. The van der Waals surface area contributed by atoms with Gasteiger partial charge in [0.05, 0.1) is 29.2 Å². The number of phenolic OH excluding ortho intramolecular Hbond substituents is 1. The van der Waals surface area contributed by atoms with Crippen molar-refractivity contribution in [2.24, 2.45) is 22.9 Å². The summed E-state index contributed by atoms with van der Waals surface area (Å²) in [6.07, 6.45) is 8.81. The number of sulfonamides is 1. The zero-order valence-corrected chi connectivity index (χ0v) is 33.7. The lowest BCUT2D eigenvalue weighted by Gasteiger charge is -2.59. The first kappa shape index (κ1) is 42.4. The minimum atomic E-state index is -4.23. The molecule has 0 saturated heterocycles. The lowest BCUT2D eigenvalue weighted by atomic mass is 9.55. The largest absolute Gasteiger partial charge is 0.508 e. The zero-order chi connectivity index (χ0) is 40.0.